The quantitative estimate of drug-likeness (QED) is 0.364. The molecule has 3 N–H and O–H groups in total. The van der Waals surface area contributed by atoms with Gasteiger partial charge in [0.2, 0.25) is 0 Å². The fourth-order valence-electron chi connectivity index (χ4n) is 1.89. The van der Waals surface area contributed by atoms with Crippen molar-refractivity contribution in [3.05, 3.63) is 63.2 Å². The number of hydrogen-bond acceptors (Lipinski definition) is 6. The molecular weight excluding hydrogens is 350 g/mol. The summed E-state index contributed by atoms with van der Waals surface area (Å²) in [5, 5.41) is 13.9. The lowest BCUT2D eigenvalue weighted by Gasteiger charge is -2.14. The van der Waals surface area contributed by atoms with E-state index in [0.717, 1.165) is 6.07 Å². The highest BCUT2D eigenvalue weighted by molar-refractivity contribution is 6.30. The Morgan fingerprint density at radius 1 is 1.24 bits per heavy atom. The van der Waals surface area contributed by atoms with E-state index in [9.17, 15) is 19.7 Å². The van der Waals surface area contributed by atoms with E-state index in [1.54, 1.807) is 24.3 Å². The van der Waals surface area contributed by atoms with E-state index < -0.39 is 22.9 Å². The summed E-state index contributed by atoms with van der Waals surface area (Å²) >= 11 is 5.76. The van der Waals surface area contributed by atoms with Crippen molar-refractivity contribution in [2.75, 3.05) is 11.1 Å². The third kappa shape index (κ3) is 4.67. The van der Waals surface area contributed by atoms with Gasteiger partial charge < -0.3 is 15.8 Å². The molecule has 1 atom stereocenters. The fourth-order valence-corrected chi connectivity index (χ4v) is 2.02. The Morgan fingerprint density at radius 2 is 1.88 bits per heavy atom. The molecule has 130 valence electrons. The van der Waals surface area contributed by atoms with E-state index >= 15 is 0 Å². The van der Waals surface area contributed by atoms with Gasteiger partial charge in [0.25, 0.3) is 11.6 Å². The normalized spacial score (nSPS) is 11.4. The molecule has 0 saturated carbocycles. The maximum Gasteiger partial charge on any atom is 0.341 e. The topological polar surface area (TPSA) is 125 Å². The van der Waals surface area contributed by atoms with Crippen LogP contribution in [0, 0.1) is 10.1 Å². The van der Waals surface area contributed by atoms with E-state index in [1.165, 1.54) is 19.1 Å². The van der Waals surface area contributed by atoms with Crippen LogP contribution < -0.4 is 11.1 Å². The minimum atomic E-state index is -1.14. The van der Waals surface area contributed by atoms with Crippen LogP contribution >= 0.6 is 11.6 Å². The van der Waals surface area contributed by atoms with Gasteiger partial charge in [0.15, 0.2) is 6.10 Å². The number of anilines is 2. The van der Waals surface area contributed by atoms with Gasteiger partial charge in [-0.05, 0) is 37.3 Å². The molecule has 2 rings (SSSR count). The zero-order chi connectivity index (χ0) is 18.6. The molecule has 0 spiro atoms. The predicted molar refractivity (Wildman–Crippen MR) is 92.5 cm³/mol. The predicted octanol–water partition coefficient (Wildman–Crippen LogP) is 3.01. The molecule has 1 amide bonds. The number of halogens is 1. The van der Waals surface area contributed by atoms with Crippen molar-refractivity contribution in [3.8, 4) is 0 Å². The van der Waals surface area contributed by atoms with Crippen molar-refractivity contribution in [2.45, 2.75) is 13.0 Å². The lowest BCUT2D eigenvalue weighted by Crippen LogP contribution is -2.30. The molecule has 0 aliphatic heterocycles. The molecule has 9 heteroatoms. The molecule has 0 fully saturated rings. The largest absolute Gasteiger partial charge is 0.449 e. The number of carbonyl (C=O) groups excluding carboxylic acids is 2. The molecule has 0 bridgehead atoms. The Morgan fingerprint density at radius 3 is 2.48 bits per heavy atom. The van der Waals surface area contributed by atoms with Crippen LogP contribution in [0.25, 0.3) is 0 Å². The first-order chi connectivity index (χ1) is 11.8. The molecule has 0 aliphatic carbocycles. The van der Waals surface area contributed by atoms with Crippen molar-refractivity contribution in [2.24, 2.45) is 0 Å². The number of carbonyl (C=O) groups is 2. The maximum absolute atomic E-state index is 12.1. The molecule has 8 nitrogen and oxygen atoms in total. The molecule has 2 aromatic rings. The number of rotatable bonds is 5. The van der Waals surface area contributed by atoms with Gasteiger partial charge >= 0.3 is 5.97 Å². The van der Waals surface area contributed by atoms with Crippen molar-refractivity contribution in [1.82, 2.24) is 0 Å². The Balaban J connectivity index is 2.06. The van der Waals surface area contributed by atoms with E-state index in [4.69, 9.17) is 22.1 Å². The average Bonchev–Trinajstić information content (AvgIpc) is 2.56. The SMILES string of the molecule is C[C@@H](OC(=O)c1cc([N+](=O)[O-])ccc1N)C(=O)Nc1ccc(Cl)cc1. The first-order valence-corrected chi connectivity index (χ1v) is 7.47. The summed E-state index contributed by atoms with van der Waals surface area (Å²) in [4.78, 5) is 34.3. The third-order valence-electron chi connectivity index (χ3n) is 3.23. The highest BCUT2D eigenvalue weighted by atomic mass is 35.5. The molecule has 0 aliphatic rings. The van der Waals surface area contributed by atoms with E-state index in [-0.39, 0.29) is 16.9 Å². The van der Waals surface area contributed by atoms with Crippen LogP contribution in [0.1, 0.15) is 17.3 Å². The Labute approximate surface area is 147 Å². The van der Waals surface area contributed by atoms with Gasteiger partial charge in [-0.1, -0.05) is 11.6 Å². The lowest BCUT2D eigenvalue weighted by atomic mass is 10.1. The van der Waals surface area contributed by atoms with Gasteiger partial charge in [-0.2, -0.15) is 0 Å². The van der Waals surface area contributed by atoms with Gasteiger partial charge in [0, 0.05) is 28.5 Å². The molecule has 0 heterocycles. The number of nitro benzene ring substituents is 1. The van der Waals surface area contributed by atoms with Crippen LogP contribution in [0.5, 0.6) is 0 Å². The number of nitrogens with two attached hydrogens (primary N) is 1. The second-order valence-electron chi connectivity index (χ2n) is 5.07. The van der Waals surface area contributed by atoms with E-state index in [2.05, 4.69) is 5.32 Å². The summed E-state index contributed by atoms with van der Waals surface area (Å²) in [7, 11) is 0. The van der Waals surface area contributed by atoms with Gasteiger partial charge in [-0.25, -0.2) is 4.79 Å². The van der Waals surface area contributed by atoms with Gasteiger partial charge in [-0.3, -0.25) is 14.9 Å². The highest BCUT2D eigenvalue weighted by Gasteiger charge is 2.22. The average molecular weight is 364 g/mol. The zero-order valence-corrected chi connectivity index (χ0v) is 13.8. The monoisotopic (exact) mass is 363 g/mol. The van der Waals surface area contributed by atoms with E-state index in [0.29, 0.717) is 10.7 Å². The number of nitrogens with one attached hydrogen (secondary N) is 1. The first kappa shape index (κ1) is 18.2. The Kier molecular flexibility index (Phi) is 5.56. The number of hydrogen-bond donors (Lipinski definition) is 2. The number of esters is 1. The standard InChI is InChI=1S/C16H14ClN3O5/c1-9(15(21)19-11-4-2-10(17)3-5-11)25-16(22)13-8-12(20(23)24)6-7-14(13)18/h2-9H,18H2,1H3,(H,19,21)/t9-/m1/s1. The minimum Gasteiger partial charge on any atom is -0.449 e. The maximum atomic E-state index is 12.1. The number of nitro groups is 1. The number of amides is 1. The molecule has 0 unspecified atom stereocenters. The Hall–Kier alpha value is -3.13. The number of nitrogen functional groups attached to an aromatic ring is 1. The number of non-ortho nitro benzene ring substituents is 1. The summed E-state index contributed by atoms with van der Waals surface area (Å²) in [6.45, 7) is 1.37. The highest BCUT2D eigenvalue weighted by Crippen LogP contribution is 2.21. The lowest BCUT2D eigenvalue weighted by molar-refractivity contribution is -0.384. The number of benzene rings is 2. The van der Waals surface area contributed by atoms with Crippen LogP contribution in [-0.4, -0.2) is 22.9 Å². The van der Waals surface area contributed by atoms with Crippen molar-refractivity contribution < 1.29 is 19.2 Å². The van der Waals surface area contributed by atoms with E-state index in [1.807, 2.05) is 0 Å². The third-order valence-corrected chi connectivity index (χ3v) is 3.48. The number of ether oxygens (including phenoxy) is 1. The van der Waals surface area contributed by atoms with Gasteiger partial charge in [-0.15, -0.1) is 0 Å². The van der Waals surface area contributed by atoms with Crippen molar-refractivity contribution in [3.63, 3.8) is 0 Å². The minimum absolute atomic E-state index is 0.0147. The zero-order valence-electron chi connectivity index (χ0n) is 13.1. The van der Waals surface area contributed by atoms with Crippen LogP contribution in [0.3, 0.4) is 0 Å². The first-order valence-electron chi connectivity index (χ1n) is 7.09. The second-order valence-corrected chi connectivity index (χ2v) is 5.51. The fraction of sp³-hybridized carbons (Fsp3) is 0.125. The summed E-state index contributed by atoms with van der Waals surface area (Å²) in [5.74, 6) is -1.50. The second kappa shape index (κ2) is 7.63. The molecule has 0 aromatic heterocycles. The molecule has 0 radical (unpaired) electrons. The molecular formula is C16H14ClN3O5. The van der Waals surface area contributed by atoms with Crippen LogP contribution in [0.4, 0.5) is 17.1 Å². The van der Waals surface area contributed by atoms with Crippen LogP contribution in [0.15, 0.2) is 42.5 Å². The van der Waals surface area contributed by atoms with Gasteiger partial charge in [0.1, 0.15) is 0 Å². The smallest absolute Gasteiger partial charge is 0.341 e. The van der Waals surface area contributed by atoms with Crippen LogP contribution in [-0.2, 0) is 9.53 Å². The van der Waals surface area contributed by atoms with Crippen LogP contribution in [0.2, 0.25) is 5.02 Å². The molecule has 25 heavy (non-hydrogen) atoms. The Bertz CT molecular complexity index is 823. The summed E-state index contributed by atoms with van der Waals surface area (Å²) in [6, 6.07) is 9.77. The summed E-state index contributed by atoms with van der Waals surface area (Å²) in [5.41, 5.74) is 5.65. The van der Waals surface area contributed by atoms with Crippen molar-refractivity contribution >= 4 is 40.5 Å². The summed E-state index contributed by atoms with van der Waals surface area (Å²) < 4.78 is 5.03. The van der Waals surface area contributed by atoms with Crippen molar-refractivity contribution in [1.29, 1.82) is 0 Å². The number of nitrogens with zero attached hydrogens (tertiary/aromatic N) is 1. The summed E-state index contributed by atoms with van der Waals surface area (Å²) in [6.07, 6.45) is -1.14. The molecule has 2 aromatic carbocycles. The van der Waals surface area contributed by atoms with Gasteiger partial charge in [0.05, 0.1) is 10.5 Å². The molecule has 0 saturated heterocycles.